The van der Waals surface area contributed by atoms with Crippen molar-refractivity contribution in [1.29, 1.82) is 0 Å². The van der Waals surface area contributed by atoms with E-state index >= 15 is 0 Å². The van der Waals surface area contributed by atoms with Gasteiger partial charge in [0.25, 0.3) is 5.22 Å². The van der Waals surface area contributed by atoms with Crippen molar-refractivity contribution in [2.24, 2.45) is 0 Å². The van der Waals surface area contributed by atoms with E-state index in [9.17, 15) is 0 Å². The van der Waals surface area contributed by atoms with Crippen molar-refractivity contribution in [1.82, 2.24) is 10.2 Å². The lowest BCUT2D eigenvalue weighted by molar-refractivity contribution is 0.355. The van der Waals surface area contributed by atoms with Gasteiger partial charge in [-0.15, -0.1) is 10.2 Å². The summed E-state index contributed by atoms with van der Waals surface area (Å²) in [6.07, 6.45) is 0. The first-order chi connectivity index (χ1) is 12.9. The highest BCUT2D eigenvalue weighted by Gasteiger charge is 2.14. The van der Waals surface area contributed by atoms with E-state index in [0.29, 0.717) is 22.6 Å². The van der Waals surface area contributed by atoms with Crippen molar-refractivity contribution in [3.8, 4) is 23.0 Å². The first-order valence-corrected chi connectivity index (χ1v) is 9.67. The van der Waals surface area contributed by atoms with Gasteiger partial charge >= 0.3 is 0 Å². The summed E-state index contributed by atoms with van der Waals surface area (Å²) in [5.41, 5.74) is 3.50. The molecule has 0 aliphatic carbocycles. The van der Waals surface area contributed by atoms with E-state index < -0.39 is 0 Å². The van der Waals surface area contributed by atoms with E-state index in [1.165, 1.54) is 22.9 Å². The molecule has 0 radical (unpaired) electrons. The highest BCUT2D eigenvalue weighted by atomic mass is 32.2. The number of thioether (sulfide) groups is 1. The minimum Gasteiger partial charge on any atom is -0.493 e. The Morgan fingerprint density at radius 1 is 0.926 bits per heavy atom. The lowest BCUT2D eigenvalue weighted by Crippen LogP contribution is -2.10. The van der Waals surface area contributed by atoms with Crippen molar-refractivity contribution in [3.63, 3.8) is 0 Å². The predicted molar refractivity (Wildman–Crippen MR) is 108 cm³/mol. The molecule has 5 nitrogen and oxygen atoms in total. The molecular formula is C21H24N2O3S. The summed E-state index contributed by atoms with van der Waals surface area (Å²) >= 11 is 1.52. The van der Waals surface area contributed by atoms with E-state index in [-0.39, 0.29) is 5.41 Å². The Balaban J connectivity index is 1.68. The van der Waals surface area contributed by atoms with E-state index in [0.717, 1.165) is 11.3 Å². The Hall–Kier alpha value is -2.47. The number of ether oxygens (including phenoxy) is 2. The molecule has 142 valence electrons. The average molecular weight is 385 g/mol. The van der Waals surface area contributed by atoms with Crippen molar-refractivity contribution < 1.29 is 13.9 Å². The molecular weight excluding hydrogens is 360 g/mol. The molecule has 0 saturated heterocycles. The highest BCUT2D eigenvalue weighted by Crippen LogP contribution is 2.33. The Kier molecular flexibility index (Phi) is 5.75. The molecule has 0 bridgehead atoms. The van der Waals surface area contributed by atoms with Crippen LogP contribution in [-0.2, 0) is 11.2 Å². The summed E-state index contributed by atoms with van der Waals surface area (Å²) in [5.74, 6) is 2.52. The molecule has 0 aliphatic rings. The zero-order chi connectivity index (χ0) is 19.4. The van der Waals surface area contributed by atoms with Gasteiger partial charge in [-0.3, -0.25) is 0 Å². The molecule has 1 heterocycles. The van der Waals surface area contributed by atoms with E-state index in [1.54, 1.807) is 14.2 Å². The zero-order valence-corrected chi connectivity index (χ0v) is 17.1. The summed E-state index contributed by atoms with van der Waals surface area (Å²) in [4.78, 5) is 0. The fourth-order valence-electron chi connectivity index (χ4n) is 2.60. The maximum Gasteiger partial charge on any atom is 0.277 e. The molecule has 0 amide bonds. The second-order valence-electron chi connectivity index (χ2n) is 7.18. The van der Waals surface area contributed by atoms with Crippen LogP contribution in [0, 0.1) is 0 Å². The maximum atomic E-state index is 5.79. The van der Waals surface area contributed by atoms with Crippen molar-refractivity contribution in [2.75, 3.05) is 14.2 Å². The zero-order valence-electron chi connectivity index (χ0n) is 16.3. The van der Waals surface area contributed by atoms with Crippen LogP contribution in [0.3, 0.4) is 0 Å². The molecule has 3 rings (SSSR count). The molecule has 0 aliphatic heterocycles. The minimum atomic E-state index is 0.159. The van der Waals surface area contributed by atoms with E-state index in [4.69, 9.17) is 13.9 Å². The van der Waals surface area contributed by atoms with Gasteiger partial charge in [-0.1, -0.05) is 56.8 Å². The van der Waals surface area contributed by atoms with E-state index in [2.05, 4.69) is 55.2 Å². The summed E-state index contributed by atoms with van der Waals surface area (Å²) in [6, 6.07) is 14.2. The van der Waals surface area contributed by atoms with Crippen LogP contribution in [0.5, 0.6) is 11.5 Å². The van der Waals surface area contributed by atoms with Crippen molar-refractivity contribution in [2.45, 2.75) is 37.2 Å². The summed E-state index contributed by atoms with van der Waals surface area (Å²) in [6.45, 7) is 6.64. The number of aromatic nitrogens is 2. The Morgan fingerprint density at radius 2 is 1.63 bits per heavy atom. The first-order valence-electron chi connectivity index (χ1n) is 8.69. The molecule has 3 aromatic rings. The number of hydrogen-bond acceptors (Lipinski definition) is 6. The second-order valence-corrected chi connectivity index (χ2v) is 8.11. The standard InChI is InChI=1S/C21H24N2O3S/c1-21(2,3)16-9-6-14(7-10-16)13-27-20-23-22-19(26-20)15-8-11-17(24-4)18(12-15)25-5/h6-12H,13H2,1-5H3. The van der Waals surface area contributed by atoms with Gasteiger partial charge in [0.2, 0.25) is 5.89 Å². The quantitative estimate of drug-likeness (QED) is 0.535. The molecule has 0 unspecified atom stereocenters. The van der Waals surface area contributed by atoms with Gasteiger partial charge in [0, 0.05) is 11.3 Å². The molecule has 0 atom stereocenters. The Bertz CT molecular complexity index is 899. The van der Waals surface area contributed by atoms with Gasteiger partial charge in [-0.05, 0) is 34.7 Å². The third-order valence-electron chi connectivity index (χ3n) is 4.22. The highest BCUT2D eigenvalue weighted by molar-refractivity contribution is 7.98. The normalized spacial score (nSPS) is 11.4. The van der Waals surface area contributed by atoms with Crippen LogP contribution >= 0.6 is 11.8 Å². The van der Waals surface area contributed by atoms with Crippen molar-refractivity contribution >= 4 is 11.8 Å². The van der Waals surface area contributed by atoms with Gasteiger partial charge < -0.3 is 13.9 Å². The lowest BCUT2D eigenvalue weighted by Gasteiger charge is -2.19. The molecule has 0 N–H and O–H groups in total. The molecule has 1 aromatic heterocycles. The maximum absolute atomic E-state index is 5.79. The minimum absolute atomic E-state index is 0.159. The number of benzene rings is 2. The van der Waals surface area contributed by atoms with Gasteiger partial charge in [-0.2, -0.15) is 0 Å². The predicted octanol–water partition coefficient (Wildman–Crippen LogP) is 5.34. The first kappa shape index (κ1) is 19.3. The summed E-state index contributed by atoms with van der Waals surface area (Å²) in [7, 11) is 3.20. The molecule has 0 fully saturated rings. The smallest absolute Gasteiger partial charge is 0.277 e. The molecule has 6 heteroatoms. The number of methoxy groups -OCH3 is 2. The molecule has 0 spiro atoms. The monoisotopic (exact) mass is 384 g/mol. The largest absolute Gasteiger partial charge is 0.493 e. The van der Waals surface area contributed by atoms with Crippen LogP contribution in [0.1, 0.15) is 31.9 Å². The summed E-state index contributed by atoms with van der Waals surface area (Å²) in [5, 5.41) is 8.82. The molecule has 27 heavy (non-hydrogen) atoms. The Labute approximate surface area is 164 Å². The molecule has 0 saturated carbocycles. The number of nitrogens with zero attached hydrogens (tertiary/aromatic N) is 2. The van der Waals surface area contributed by atoms with Crippen LogP contribution in [0.2, 0.25) is 0 Å². The van der Waals surface area contributed by atoms with Crippen LogP contribution in [0.15, 0.2) is 52.1 Å². The topological polar surface area (TPSA) is 57.4 Å². The lowest BCUT2D eigenvalue weighted by atomic mass is 9.87. The number of rotatable bonds is 6. The van der Waals surface area contributed by atoms with Gasteiger partial charge in [-0.25, -0.2) is 0 Å². The van der Waals surface area contributed by atoms with Crippen LogP contribution < -0.4 is 9.47 Å². The van der Waals surface area contributed by atoms with Gasteiger partial charge in [0.1, 0.15) is 0 Å². The van der Waals surface area contributed by atoms with Crippen molar-refractivity contribution in [3.05, 3.63) is 53.6 Å². The molecule has 2 aromatic carbocycles. The third-order valence-corrected chi connectivity index (χ3v) is 5.11. The second kappa shape index (κ2) is 8.05. The van der Waals surface area contributed by atoms with Gasteiger partial charge in [0.05, 0.1) is 14.2 Å². The van der Waals surface area contributed by atoms with Crippen LogP contribution in [0.25, 0.3) is 11.5 Å². The Morgan fingerprint density at radius 3 is 2.26 bits per heavy atom. The van der Waals surface area contributed by atoms with E-state index in [1.807, 2.05) is 18.2 Å². The SMILES string of the molecule is COc1ccc(-c2nnc(SCc3ccc(C(C)(C)C)cc3)o2)cc1OC. The fraction of sp³-hybridized carbons (Fsp3) is 0.333. The van der Waals surface area contributed by atoms with Crippen LogP contribution in [0.4, 0.5) is 0 Å². The third kappa shape index (κ3) is 4.63. The average Bonchev–Trinajstić information content (AvgIpc) is 3.14. The van der Waals surface area contributed by atoms with Crippen LogP contribution in [-0.4, -0.2) is 24.4 Å². The fourth-order valence-corrected chi connectivity index (χ4v) is 3.32. The number of hydrogen-bond donors (Lipinski definition) is 0. The van der Waals surface area contributed by atoms with Gasteiger partial charge in [0.15, 0.2) is 11.5 Å². The summed E-state index contributed by atoms with van der Waals surface area (Å²) < 4.78 is 16.4.